The van der Waals surface area contributed by atoms with E-state index in [4.69, 9.17) is 4.74 Å². The topological polar surface area (TPSA) is 53.1 Å². The van der Waals surface area contributed by atoms with Crippen molar-refractivity contribution in [3.05, 3.63) is 0 Å². The molecule has 0 aromatic carbocycles. The summed E-state index contributed by atoms with van der Waals surface area (Å²) in [5, 5.41) is 0. The fourth-order valence-electron chi connectivity index (χ4n) is 2.80. The van der Waals surface area contributed by atoms with Gasteiger partial charge in [0.05, 0.1) is 18.7 Å². The number of hydrogen-bond acceptors (Lipinski definition) is 4. The SMILES string of the molecule is CO[C@H]1C[C@@H](C(=O)N2CCCN(C)C(=O)C2)N(C)C1. The summed E-state index contributed by atoms with van der Waals surface area (Å²) in [5.41, 5.74) is 0. The van der Waals surface area contributed by atoms with Crippen molar-refractivity contribution in [3.63, 3.8) is 0 Å². The lowest BCUT2D eigenvalue weighted by Gasteiger charge is -2.26. The van der Waals surface area contributed by atoms with Crippen LogP contribution in [0, 0.1) is 0 Å². The second-order valence-electron chi connectivity index (χ2n) is 5.48. The maximum atomic E-state index is 12.5. The van der Waals surface area contributed by atoms with Crippen LogP contribution in [0.5, 0.6) is 0 Å². The summed E-state index contributed by atoms with van der Waals surface area (Å²) in [4.78, 5) is 29.8. The fraction of sp³-hybridized carbons (Fsp3) is 0.846. The summed E-state index contributed by atoms with van der Waals surface area (Å²) in [7, 11) is 5.40. The molecule has 2 atom stereocenters. The van der Waals surface area contributed by atoms with E-state index in [2.05, 4.69) is 0 Å². The average Bonchev–Trinajstić information content (AvgIpc) is 2.68. The highest BCUT2D eigenvalue weighted by molar-refractivity contribution is 5.88. The molecule has 0 bridgehead atoms. The van der Waals surface area contributed by atoms with Gasteiger partial charge >= 0.3 is 0 Å². The molecule has 0 aromatic heterocycles. The molecule has 0 spiro atoms. The van der Waals surface area contributed by atoms with Gasteiger partial charge in [0, 0.05) is 33.8 Å². The number of carbonyl (C=O) groups is 2. The molecule has 6 nitrogen and oxygen atoms in total. The first kappa shape index (κ1) is 14.3. The Bertz CT molecular complexity index is 361. The summed E-state index contributed by atoms with van der Waals surface area (Å²) >= 11 is 0. The van der Waals surface area contributed by atoms with Crippen LogP contribution < -0.4 is 0 Å². The zero-order valence-corrected chi connectivity index (χ0v) is 12.0. The van der Waals surface area contributed by atoms with Crippen LogP contribution in [0.15, 0.2) is 0 Å². The molecule has 2 rings (SSSR count). The number of ether oxygens (including phenoxy) is 1. The minimum Gasteiger partial charge on any atom is -0.380 e. The number of amides is 2. The number of nitrogens with zero attached hydrogens (tertiary/aromatic N) is 3. The second kappa shape index (κ2) is 5.88. The van der Waals surface area contributed by atoms with E-state index in [1.165, 1.54) is 0 Å². The molecule has 2 fully saturated rings. The minimum atomic E-state index is -0.152. The van der Waals surface area contributed by atoms with Crippen molar-refractivity contribution in [2.24, 2.45) is 0 Å². The summed E-state index contributed by atoms with van der Waals surface area (Å²) in [6.45, 7) is 2.37. The predicted molar refractivity (Wildman–Crippen MR) is 70.7 cm³/mol. The number of carbonyl (C=O) groups excluding carboxylic acids is 2. The quantitative estimate of drug-likeness (QED) is 0.671. The van der Waals surface area contributed by atoms with E-state index >= 15 is 0 Å². The Hall–Kier alpha value is -1.14. The number of methoxy groups -OCH3 is 1. The van der Waals surface area contributed by atoms with E-state index in [1.54, 1.807) is 24.0 Å². The highest BCUT2D eigenvalue weighted by atomic mass is 16.5. The van der Waals surface area contributed by atoms with Crippen molar-refractivity contribution in [3.8, 4) is 0 Å². The molecule has 0 unspecified atom stereocenters. The maximum absolute atomic E-state index is 12.5. The monoisotopic (exact) mass is 269 g/mol. The van der Waals surface area contributed by atoms with Crippen LogP contribution in [0.4, 0.5) is 0 Å². The summed E-state index contributed by atoms with van der Waals surface area (Å²) in [5.74, 6) is 0.0838. The lowest BCUT2D eigenvalue weighted by atomic mass is 10.1. The van der Waals surface area contributed by atoms with Gasteiger partial charge in [-0.05, 0) is 19.9 Å². The number of hydrogen-bond donors (Lipinski definition) is 0. The van der Waals surface area contributed by atoms with Gasteiger partial charge in [-0.2, -0.15) is 0 Å². The van der Waals surface area contributed by atoms with Gasteiger partial charge < -0.3 is 14.5 Å². The Morgan fingerprint density at radius 2 is 2.05 bits per heavy atom. The molecule has 108 valence electrons. The fourth-order valence-corrected chi connectivity index (χ4v) is 2.80. The zero-order valence-electron chi connectivity index (χ0n) is 12.0. The lowest BCUT2D eigenvalue weighted by Crippen LogP contribution is -2.46. The van der Waals surface area contributed by atoms with Crippen LogP contribution in [0.25, 0.3) is 0 Å². The highest BCUT2D eigenvalue weighted by Gasteiger charge is 2.37. The first-order valence-electron chi connectivity index (χ1n) is 6.78. The maximum Gasteiger partial charge on any atom is 0.241 e. The molecule has 0 N–H and O–H groups in total. The van der Waals surface area contributed by atoms with Crippen LogP contribution in [0.2, 0.25) is 0 Å². The number of likely N-dealkylation sites (N-methyl/N-ethyl adjacent to an activating group) is 2. The Kier molecular flexibility index (Phi) is 4.42. The van der Waals surface area contributed by atoms with E-state index in [1.807, 2.05) is 11.9 Å². The van der Waals surface area contributed by atoms with Gasteiger partial charge in [-0.15, -0.1) is 0 Å². The predicted octanol–water partition coefficient (Wildman–Crippen LogP) is -0.604. The molecule has 0 radical (unpaired) electrons. The molecule has 6 heteroatoms. The molecule has 2 heterocycles. The molecular weight excluding hydrogens is 246 g/mol. The van der Waals surface area contributed by atoms with E-state index in [0.717, 1.165) is 19.5 Å². The van der Waals surface area contributed by atoms with Crippen molar-refractivity contribution < 1.29 is 14.3 Å². The van der Waals surface area contributed by atoms with E-state index < -0.39 is 0 Å². The summed E-state index contributed by atoms with van der Waals surface area (Å²) in [6.07, 6.45) is 1.68. The van der Waals surface area contributed by atoms with Crippen molar-refractivity contribution in [2.45, 2.75) is 25.0 Å². The normalized spacial score (nSPS) is 29.7. The van der Waals surface area contributed by atoms with Crippen LogP contribution in [0.3, 0.4) is 0 Å². The van der Waals surface area contributed by atoms with Gasteiger partial charge in [-0.25, -0.2) is 0 Å². The van der Waals surface area contributed by atoms with Crippen molar-refractivity contribution >= 4 is 11.8 Å². The zero-order chi connectivity index (χ0) is 14.0. The van der Waals surface area contributed by atoms with E-state index in [9.17, 15) is 9.59 Å². The second-order valence-corrected chi connectivity index (χ2v) is 5.48. The van der Waals surface area contributed by atoms with Gasteiger partial charge in [0.15, 0.2) is 0 Å². The third-order valence-corrected chi connectivity index (χ3v) is 4.11. The first-order chi connectivity index (χ1) is 9.02. The molecule has 0 aliphatic carbocycles. The Morgan fingerprint density at radius 3 is 2.68 bits per heavy atom. The molecule has 0 aromatic rings. The third kappa shape index (κ3) is 3.06. The highest BCUT2D eigenvalue weighted by Crippen LogP contribution is 2.20. The van der Waals surface area contributed by atoms with Crippen molar-refractivity contribution in [1.82, 2.24) is 14.7 Å². The van der Waals surface area contributed by atoms with Crippen LogP contribution in [-0.4, -0.2) is 86.0 Å². The summed E-state index contributed by atoms with van der Waals surface area (Å²) < 4.78 is 5.32. The molecule has 2 saturated heterocycles. The average molecular weight is 269 g/mol. The third-order valence-electron chi connectivity index (χ3n) is 4.11. The van der Waals surface area contributed by atoms with Crippen molar-refractivity contribution in [1.29, 1.82) is 0 Å². The minimum absolute atomic E-state index is 0.0230. The van der Waals surface area contributed by atoms with Crippen molar-refractivity contribution in [2.75, 3.05) is 47.4 Å². The van der Waals surface area contributed by atoms with Gasteiger partial charge in [-0.1, -0.05) is 0 Å². The van der Waals surface area contributed by atoms with Gasteiger partial charge in [-0.3, -0.25) is 14.5 Å². The Morgan fingerprint density at radius 1 is 1.32 bits per heavy atom. The van der Waals surface area contributed by atoms with Gasteiger partial charge in [0.25, 0.3) is 0 Å². The van der Waals surface area contributed by atoms with Crippen LogP contribution in [0.1, 0.15) is 12.8 Å². The molecule has 2 aliphatic rings. The lowest BCUT2D eigenvalue weighted by molar-refractivity contribution is -0.140. The standard InChI is InChI=1S/C13H23N3O3/c1-14-5-4-6-16(9-12(14)17)13(18)11-7-10(19-3)8-15(11)2/h10-11H,4-9H2,1-3H3/t10-,11-/m0/s1. The molecule has 0 saturated carbocycles. The number of likely N-dealkylation sites (tertiary alicyclic amines) is 1. The number of rotatable bonds is 2. The smallest absolute Gasteiger partial charge is 0.241 e. The van der Waals surface area contributed by atoms with Crippen LogP contribution >= 0.6 is 0 Å². The molecule has 19 heavy (non-hydrogen) atoms. The largest absolute Gasteiger partial charge is 0.380 e. The molecule has 2 amide bonds. The molecular formula is C13H23N3O3. The van der Waals surface area contributed by atoms with Gasteiger partial charge in [0.2, 0.25) is 11.8 Å². The van der Waals surface area contributed by atoms with Crippen LogP contribution in [-0.2, 0) is 14.3 Å². The molecule has 2 aliphatic heterocycles. The van der Waals surface area contributed by atoms with Gasteiger partial charge in [0.1, 0.15) is 0 Å². The first-order valence-corrected chi connectivity index (χ1v) is 6.78. The Balaban J connectivity index is 2.01. The van der Waals surface area contributed by atoms with E-state index in [-0.39, 0.29) is 30.5 Å². The summed E-state index contributed by atoms with van der Waals surface area (Å²) in [6, 6.07) is -0.152. The Labute approximate surface area is 114 Å². The van der Waals surface area contributed by atoms with E-state index in [0.29, 0.717) is 13.0 Å².